The highest BCUT2D eigenvalue weighted by molar-refractivity contribution is 6.31. The number of nitrogens with one attached hydrogen (secondary N) is 2. The normalized spacial score (nSPS) is 21.4. The first kappa shape index (κ1) is 19.7. The Labute approximate surface area is 182 Å². The van der Waals surface area contributed by atoms with E-state index >= 15 is 0 Å². The number of amides is 2. The molecule has 0 saturated carbocycles. The Morgan fingerprint density at radius 1 is 1.19 bits per heavy atom. The molecule has 0 spiro atoms. The summed E-state index contributed by atoms with van der Waals surface area (Å²) in [5, 5.41) is 4.29. The van der Waals surface area contributed by atoms with Gasteiger partial charge in [0, 0.05) is 18.1 Å². The lowest BCUT2D eigenvalue weighted by molar-refractivity contribution is -0.137. The highest BCUT2D eigenvalue weighted by Gasteiger charge is 2.40. The smallest absolute Gasteiger partial charge is 0.251 e. The minimum absolute atomic E-state index is 0.0803. The molecule has 3 aliphatic heterocycles. The molecule has 5 rings (SSSR count). The summed E-state index contributed by atoms with van der Waals surface area (Å²) in [4.78, 5) is 26.7. The number of hydrogen-bond acceptors (Lipinski definition) is 6. The lowest BCUT2D eigenvalue weighted by Gasteiger charge is -2.31. The lowest BCUT2D eigenvalue weighted by Crippen LogP contribution is -2.49. The van der Waals surface area contributed by atoms with Crippen molar-refractivity contribution in [3.63, 3.8) is 0 Å². The molecule has 3 aliphatic rings. The van der Waals surface area contributed by atoms with Gasteiger partial charge in [0.1, 0.15) is 18.4 Å². The summed E-state index contributed by atoms with van der Waals surface area (Å²) in [6, 6.07) is 9.08. The number of anilines is 1. The predicted molar refractivity (Wildman–Crippen MR) is 110 cm³/mol. The van der Waals surface area contributed by atoms with Crippen molar-refractivity contribution in [3.8, 4) is 11.5 Å². The molecule has 0 bridgehead atoms. The first-order valence-corrected chi connectivity index (χ1v) is 10.0. The molecule has 0 radical (unpaired) electrons. The highest BCUT2D eigenvalue weighted by Crippen LogP contribution is 2.37. The third-order valence-corrected chi connectivity index (χ3v) is 5.68. The van der Waals surface area contributed by atoms with E-state index in [0.29, 0.717) is 23.6 Å². The molecule has 2 aromatic carbocycles. The van der Waals surface area contributed by atoms with Crippen LogP contribution in [0.2, 0.25) is 5.02 Å². The van der Waals surface area contributed by atoms with Gasteiger partial charge in [0.15, 0.2) is 11.5 Å². The molecule has 2 amide bonds. The fraction of sp³-hybridized carbons (Fsp3) is 0.238. The van der Waals surface area contributed by atoms with Gasteiger partial charge in [0.2, 0.25) is 12.7 Å². The molecule has 2 aromatic rings. The first-order chi connectivity index (χ1) is 15.0. The van der Waals surface area contributed by atoms with Crippen molar-refractivity contribution >= 4 is 29.1 Å². The summed E-state index contributed by atoms with van der Waals surface area (Å²) < 4.78 is 24.1. The van der Waals surface area contributed by atoms with Crippen molar-refractivity contribution < 1.29 is 23.5 Å². The predicted octanol–water partition coefficient (Wildman–Crippen LogP) is 2.78. The molecule has 0 aliphatic carbocycles. The molecule has 3 heterocycles. The zero-order chi connectivity index (χ0) is 21.5. The number of nitrogens with zero attached hydrogens (tertiary/aromatic N) is 2. The van der Waals surface area contributed by atoms with Crippen LogP contribution in [0.3, 0.4) is 0 Å². The average Bonchev–Trinajstić information content (AvgIpc) is 3.39. The number of hydrogen-bond donors (Lipinski definition) is 2. The molecule has 2 unspecified atom stereocenters. The van der Waals surface area contributed by atoms with Gasteiger partial charge in [-0.05, 0) is 42.3 Å². The van der Waals surface area contributed by atoms with Crippen LogP contribution in [0.15, 0.2) is 48.8 Å². The van der Waals surface area contributed by atoms with E-state index < -0.39 is 17.8 Å². The summed E-state index contributed by atoms with van der Waals surface area (Å²) in [5.74, 6) is 0.220. The molecule has 2 N–H and O–H groups in total. The number of ether oxygens (including phenoxy) is 2. The molecule has 31 heavy (non-hydrogen) atoms. The fourth-order valence-corrected chi connectivity index (χ4v) is 4.02. The summed E-state index contributed by atoms with van der Waals surface area (Å²) >= 11 is 5.74. The Balaban J connectivity index is 1.23. The van der Waals surface area contributed by atoms with E-state index in [4.69, 9.17) is 21.1 Å². The van der Waals surface area contributed by atoms with Crippen LogP contribution in [-0.2, 0) is 9.59 Å². The number of carbonyl (C=O) groups is 2. The number of benzene rings is 2. The molecule has 10 heteroatoms. The maximum atomic E-state index is 13.3. The number of hydrazine groups is 1. The molecule has 8 nitrogen and oxygen atoms in total. The zero-order valence-electron chi connectivity index (χ0n) is 16.2. The van der Waals surface area contributed by atoms with Crippen molar-refractivity contribution in [2.75, 3.05) is 18.7 Å². The van der Waals surface area contributed by atoms with E-state index in [1.54, 1.807) is 17.4 Å². The van der Waals surface area contributed by atoms with E-state index in [0.717, 1.165) is 5.56 Å². The highest BCUT2D eigenvalue weighted by atomic mass is 35.5. The maximum absolute atomic E-state index is 13.3. The molecular weight excluding hydrogens is 427 g/mol. The van der Waals surface area contributed by atoms with Crippen LogP contribution < -0.4 is 20.2 Å². The van der Waals surface area contributed by atoms with Crippen LogP contribution >= 0.6 is 11.6 Å². The topological polar surface area (TPSA) is 83.1 Å². The Morgan fingerprint density at radius 3 is 2.87 bits per heavy atom. The van der Waals surface area contributed by atoms with Gasteiger partial charge in [-0.1, -0.05) is 17.7 Å². The second-order valence-electron chi connectivity index (χ2n) is 7.39. The molecule has 1 fully saturated rings. The number of fused-ring (bicyclic) bond motifs is 2. The van der Waals surface area contributed by atoms with E-state index in [-0.39, 0.29) is 30.3 Å². The minimum atomic E-state index is -0.570. The zero-order valence-corrected chi connectivity index (χ0v) is 16.9. The van der Waals surface area contributed by atoms with Crippen molar-refractivity contribution in [2.45, 2.75) is 18.5 Å². The third-order valence-electron chi connectivity index (χ3n) is 5.39. The van der Waals surface area contributed by atoms with Gasteiger partial charge in [0.05, 0.1) is 11.1 Å². The van der Waals surface area contributed by atoms with Crippen molar-refractivity contribution in [2.24, 2.45) is 0 Å². The SMILES string of the molecule is O=C(CN1C=CN2NC(c3ccc4c(c3)OCO4)CC2C1=O)Nc1ccc(F)c(Cl)c1. The number of carbonyl (C=O) groups excluding carboxylic acids is 2. The van der Waals surface area contributed by atoms with Crippen LogP contribution in [0, 0.1) is 5.82 Å². The van der Waals surface area contributed by atoms with Crippen molar-refractivity contribution in [3.05, 3.63) is 65.2 Å². The summed E-state index contributed by atoms with van der Waals surface area (Å²) in [6.07, 6.45) is 3.83. The Hall–Kier alpha value is -3.30. The van der Waals surface area contributed by atoms with Crippen LogP contribution in [0.5, 0.6) is 11.5 Å². The van der Waals surface area contributed by atoms with Crippen molar-refractivity contribution in [1.29, 1.82) is 0 Å². The van der Waals surface area contributed by atoms with Crippen LogP contribution in [0.1, 0.15) is 18.0 Å². The van der Waals surface area contributed by atoms with Crippen LogP contribution in [0.4, 0.5) is 10.1 Å². The van der Waals surface area contributed by atoms with Gasteiger partial charge in [0.25, 0.3) is 5.91 Å². The van der Waals surface area contributed by atoms with Gasteiger partial charge in [-0.25, -0.2) is 9.82 Å². The largest absolute Gasteiger partial charge is 0.454 e. The molecular formula is C21H18ClFN4O4. The maximum Gasteiger partial charge on any atom is 0.251 e. The first-order valence-electron chi connectivity index (χ1n) is 9.66. The van der Waals surface area contributed by atoms with E-state index in [1.165, 1.54) is 23.1 Å². The van der Waals surface area contributed by atoms with E-state index in [2.05, 4.69) is 10.7 Å². The number of halogens is 2. The third kappa shape index (κ3) is 3.77. The van der Waals surface area contributed by atoms with E-state index in [9.17, 15) is 14.0 Å². The minimum Gasteiger partial charge on any atom is -0.454 e. The lowest BCUT2D eigenvalue weighted by atomic mass is 10.0. The van der Waals surface area contributed by atoms with Gasteiger partial charge in [-0.3, -0.25) is 9.59 Å². The Bertz CT molecular complexity index is 1100. The summed E-state index contributed by atoms with van der Waals surface area (Å²) in [7, 11) is 0. The fourth-order valence-electron chi connectivity index (χ4n) is 3.84. The molecule has 1 saturated heterocycles. The summed E-state index contributed by atoms with van der Waals surface area (Å²) in [6.45, 7) is 0.0391. The van der Waals surface area contributed by atoms with Crippen LogP contribution in [-0.4, -0.2) is 41.1 Å². The van der Waals surface area contributed by atoms with Gasteiger partial charge in [-0.15, -0.1) is 0 Å². The summed E-state index contributed by atoms with van der Waals surface area (Å²) in [5.41, 5.74) is 4.65. The molecule has 0 aromatic heterocycles. The molecule has 160 valence electrons. The Kier molecular flexibility index (Phi) is 4.91. The van der Waals surface area contributed by atoms with Crippen LogP contribution in [0.25, 0.3) is 0 Å². The van der Waals surface area contributed by atoms with Gasteiger partial charge < -0.3 is 24.7 Å². The quantitative estimate of drug-likeness (QED) is 0.754. The monoisotopic (exact) mass is 444 g/mol. The van der Waals surface area contributed by atoms with E-state index in [1.807, 2.05) is 18.2 Å². The molecule has 2 atom stereocenters. The number of rotatable bonds is 4. The second kappa shape index (κ2) is 7.75. The van der Waals surface area contributed by atoms with Gasteiger partial charge in [-0.2, -0.15) is 0 Å². The second-order valence-corrected chi connectivity index (χ2v) is 7.80. The standard InChI is InChI=1S/C21H18ClFN4O4/c22-14-8-13(2-3-15(14)23)24-20(28)10-26-5-6-27-17(21(26)29)9-16(25-27)12-1-4-18-19(7-12)31-11-30-18/h1-8,16-17,25H,9-11H2,(H,24,28). The van der Waals surface area contributed by atoms with Crippen molar-refractivity contribution in [1.82, 2.24) is 15.3 Å². The Morgan fingerprint density at radius 2 is 2.03 bits per heavy atom. The average molecular weight is 445 g/mol. The van der Waals surface area contributed by atoms with Gasteiger partial charge >= 0.3 is 0 Å².